The van der Waals surface area contributed by atoms with E-state index in [0.717, 1.165) is 37.8 Å². The standard InChI is InChI=1S/C21H33N3O3/c1-21(2,3)27-20(26)17(22)14-23-19(25)11-7-5-9-16-13-12-15-8-4-6-10-18(15)24-16/h12-13,17H,4-11,14,22H2,1-3H3,(H,23,25)/t17-/m0/s1. The Hall–Kier alpha value is -1.95. The predicted molar refractivity (Wildman–Crippen MR) is 105 cm³/mol. The van der Waals surface area contributed by atoms with Gasteiger partial charge in [-0.25, -0.2) is 0 Å². The molecule has 0 radical (unpaired) electrons. The minimum atomic E-state index is -0.840. The summed E-state index contributed by atoms with van der Waals surface area (Å²) in [4.78, 5) is 28.5. The zero-order chi connectivity index (χ0) is 19.9. The number of aromatic nitrogens is 1. The SMILES string of the molecule is CC(C)(C)OC(=O)[C@@H](N)CNC(=O)CCCCc1ccc2c(n1)CCCC2. The van der Waals surface area contributed by atoms with Gasteiger partial charge in [0.05, 0.1) is 0 Å². The summed E-state index contributed by atoms with van der Waals surface area (Å²) in [6.45, 7) is 5.45. The highest BCUT2D eigenvalue weighted by atomic mass is 16.6. The summed E-state index contributed by atoms with van der Waals surface area (Å²) in [5.41, 5.74) is 8.95. The lowest BCUT2D eigenvalue weighted by Gasteiger charge is -2.22. The zero-order valence-corrected chi connectivity index (χ0v) is 16.8. The van der Waals surface area contributed by atoms with Crippen LogP contribution in [-0.4, -0.2) is 35.0 Å². The van der Waals surface area contributed by atoms with Crippen LogP contribution >= 0.6 is 0 Å². The molecule has 0 saturated carbocycles. The van der Waals surface area contributed by atoms with Gasteiger partial charge < -0.3 is 15.8 Å². The normalized spacial score (nSPS) is 15.0. The summed E-state index contributed by atoms with van der Waals surface area (Å²) < 4.78 is 5.20. The van der Waals surface area contributed by atoms with Crippen molar-refractivity contribution in [2.24, 2.45) is 5.73 Å². The molecule has 1 amide bonds. The third-order valence-corrected chi connectivity index (χ3v) is 4.55. The van der Waals surface area contributed by atoms with Gasteiger partial charge in [0.15, 0.2) is 0 Å². The number of hydrogen-bond acceptors (Lipinski definition) is 5. The second kappa shape index (κ2) is 9.83. The Morgan fingerprint density at radius 2 is 1.96 bits per heavy atom. The summed E-state index contributed by atoms with van der Waals surface area (Å²) >= 11 is 0. The smallest absolute Gasteiger partial charge is 0.325 e. The molecule has 6 heteroatoms. The number of fused-ring (bicyclic) bond motifs is 1. The van der Waals surface area contributed by atoms with E-state index in [1.165, 1.54) is 24.1 Å². The average Bonchev–Trinajstić information content (AvgIpc) is 2.61. The highest BCUT2D eigenvalue weighted by molar-refractivity contribution is 5.79. The summed E-state index contributed by atoms with van der Waals surface area (Å²) in [5, 5.41) is 2.71. The molecule has 1 atom stereocenters. The zero-order valence-electron chi connectivity index (χ0n) is 16.8. The van der Waals surface area contributed by atoms with Gasteiger partial charge in [-0.15, -0.1) is 0 Å². The molecule has 27 heavy (non-hydrogen) atoms. The molecule has 1 heterocycles. The van der Waals surface area contributed by atoms with E-state index in [2.05, 4.69) is 17.4 Å². The molecule has 1 aromatic heterocycles. The number of esters is 1. The molecule has 6 nitrogen and oxygen atoms in total. The van der Waals surface area contributed by atoms with Crippen molar-refractivity contribution in [3.8, 4) is 0 Å². The fraction of sp³-hybridized carbons (Fsp3) is 0.667. The Morgan fingerprint density at radius 3 is 2.70 bits per heavy atom. The first-order valence-electron chi connectivity index (χ1n) is 9.97. The number of pyridine rings is 1. The number of unbranched alkanes of at least 4 members (excludes halogenated alkanes) is 1. The molecule has 0 saturated heterocycles. The van der Waals surface area contributed by atoms with Gasteiger partial charge in [-0.2, -0.15) is 0 Å². The highest BCUT2D eigenvalue weighted by Crippen LogP contribution is 2.20. The van der Waals surface area contributed by atoms with Crippen LogP contribution in [0.2, 0.25) is 0 Å². The molecule has 1 aromatic rings. The lowest BCUT2D eigenvalue weighted by atomic mass is 9.95. The maximum Gasteiger partial charge on any atom is 0.325 e. The lowest BCUT2D eigenvalue weighted by Crippen LogP contribution is -2.45. The molecule has 0 unspecified atom stereocenters. The Morgan fingerprint density at radius 1 is 1.22 bits per heavy atom. The average molecular weight is 376 g/mol. The molecule has 2 rings (SSSR count). The van der Waals surface area contributed by atoms with Crippen LogP contribution in [0.25, 0.3) is 0 Å². The molecule has 150 valence electrons. The van der Waals surface area contributed by atoms with Crippen molar-refractivity contribution in [2.75, 3.05) is 6.54 Å². The minimum absolute atomic E-state index is 0.0904. The van der Waals surface area contributed by atoms with E-state index >= 15 is 0 Å². The summed E-state index contributed by atoms with van der Waals surface area (Å²) in [5.74, 6) is -0.589. The second-order valence-corrected chi connectivity index (χ2v) is 8.27. The number of amides is 1. The van der Waals surface area contributed by atoms with E-state index in [9.17, 15) is 9.59 Å². The minimum Gasteiger partial charge on any atom is -0.459 e. The quantitative estimate of drug-likeness (QED) is 0.538. The molecule has 0 aromatic carbocycles. The van der Waals surface area contributed by atoms with Crippen LogP contribution in [0.15, 0.2) is 12.1 Å². The fourth-order valence-corrected chi connectivity index (χ4v) is 3.13. The van der Waals surface area contributed by atoms with Gasteiger partial charge in [0.1, 0.15) is 11.6 Å². The first-order chi connectivity index (χ1) is 12.7. The van der Waals surface area contributed by atoms with E-state index in [1.807, 2.05) is 0 Å². The van der Waals surface area contributed by atoms with Crippen LogP contribution in [0, 0.1) is 0 Å². The van der Waals surface area contributed by atoms with Crippen LogP contribution in [-0.2, 0) is 33.6 Å². The molecule has 0 bridgehead atoms. The molecular formula is C21H33N3O3. The van der Waals surface area contributed by atoms with Gasteiger partial charge >= 0.3 is 5.97 Å². The Balaban J connectivity index is 1.63. The largest absolute Gasteiger partial charge is 0.459 e. The number of nitrogens with one attached hydrogen (secondary N) is 1. The van der Waals surface area contributed by atoms with Gasteiger partial charge in [0.2, 0.25) is 5.91 Å². The number of aryl methyl sites for hydroxylation is 3. The Bertz CT molecular complexity index is 653. The van der Waals surface area contributed by atoms with E-state index in [0.29, 0.717) is 6.42 Å². The molecule has 0 fully saturated rings. The van der Waals surface area contributed by atoms with Gasteiger partial charge in [-0.05, 0) is 77.3 Å². The van der Waals surface area contributed by atoms with E-state index in [1.54, 1.807) is 20.8 Å². The van der Waals surface area contributed by atoms with Crippen molar-refractivity contribution in [2.45, 2.75) is 83.8 Å². The number of carbonyl (C=O) groups excluding carboxylic acids is 2. The van der Waals surface area contributed by atoms with Crippen molar-refractivity contribution < 1.29 is 14.3 Å². The Kier molecular flexibility index (Phi) is 7.78. The predicted octanol–water partition coefficient (Wildman–Crippen LogP) is 2.46. The van der Waals surface area contributed by atoms with Crippen molar-refractivity contribution in [3.05, 3.63) is 29.1 Å². The third-order valence-electron chi connectivity index (χ3n) is 4.55. The Labute approximate surface area is 162 Å². The third kappa shape index (κ3) is 7.67. The van der Waals surface area contributed by atoms with Crippen LogP contribution < -0.4 is 11.1 Å². The van der Waals surface area contributed by atoms with Gasteiger partial charge in [-0.1, -0.05) is 6.07 Å². The van der Waals surface area contributed by atoms with Crippen molar-refractivity contribution >= 4 is 11.9 Å². The first kappa shape index (κ1) is 21.4. The number of nitrogens with zero attached hydrogens (tertiary/aromatic N) is 1. The number of hydrogen-bond donors (Lipinski definition) is 2. The maximum absolute atomic E-state index is 11.9. The monoisotopic (exact) mass is 375 g/mol. The van der Waals surface area contributed by atoms with Crippen LogP contribution in [0.5, 0.6) is 0 Å². The van der Waals surface area contributed by atoms with Crippen molar-refractivity contribution in [1.82, 2.24) is 10.3 Å². The second-order valence-electron chi connectivity index (χ2n) is 8.27. The van der Waals surface area contributed by atoms with Crippen LogP contribution in [0.3, 0.4) is 0 Å². The number of rotatable bonds is 8. The van der Waals surface area contributed by atoms with Gasteiger partial charge in [-0.3, -0.25) is 14.6 Å². The summed E-state index contributed by atoms with van der Waals surface area (Å²) in [6.07, 6.45) is 7.74. The van der Waals surface area contributed by atoms with E-state index in [-0.39, 0.29) is 12.5 Å². The van der Waals surface area contributed by atoms with E-state index in [4.69, 9.17) is 15.5 Å². The van der Waals surface area contributed by atoms with Crippen LogP contribution in [0.1, 0.15) is 69.8 Å². The van der Waals surface area contributed by atoms with Crippen molar-refractivity contribution in [1.29, 1.82) is 0 Å². The van der Waals surface area contributed by atoms with Crippen LogP contribution in [0.4, 0.5) is 0 Å². The molecule has 0 aliphatic heterocycles. The molecule has 1 aliphatic rings. The van der Waals surface area contributed by atoms with Crippen molar-refractivity contribution in [3.63, 3.8) is 0 Å². The van der Waals surface area contributed by atoms with Gasteiger partial charge in [0.25, 0.3) is 0 Å². The molecule has 0 spiro atoms. The molecular weight excluding hydrogens is 342 g/mol. The maximum atomic E-state index is 11.9. The van der Waals surface area contributed by atoms with E-state index < -0.39 is 17.6 Å². The number of nitrogens with two attached hydrogens (primary N) is 1. The lowest BCUT2D eigenvalue weighted by molar-refractivity contribution is -0.156. The summed E-state index contributed by atoms with van der Waals surface area (Å²) in [7, 11) is 0. The van der Waals surface area contributed by atoms with Gasteiger partial charge in [0, 0.05) is 24.4 Å². The topological polar surface area (TPSA) is 94.3 Å². The summed E-state index contributed by atoms with van der Waals surface area (Å²) in [6, 6.07) is 3.49. The first-order valence-corrected chi connectivity index (χ1v) is 9.97. The molecule has 1 aliphatic carbocycles. The number of ether oxygens (including phenoxy) is 1. The molecule has 3 N–H and O–H groups in total. The fourth-order valence-electron chi connectivity index (χ4n) is 3.13. The number of carbonyl (C=O) groups is 2. The highest BCUT2D eigenvalue weighted by Gasteiger charge is 2.22.